The molecule has 1 aromatic rings. The molecule has 4 heteroatoms. The molecule has 0 bridgehead atoms. The quantitative estimate of drug-likeness (QED) is 0.854. The van der Waals surface area contributed by atoms with Crippen LogP contribution < -0.4 is 10.6 Å². The second-order valence-corrected chi connectivity index (χ2v) is 4.69. The van der Waals surface area contributed by atoms with Crippen LogP contribution in [0.5, 0.6) is 0 Å². The molecule has 1 aliphatic heterocycles. The van der Waals surface area contributed by atoms with Crippen molar-refractivity contribution in [1.29, 1.82) is 0 Å². The van der Waals surface area contributed by atoms with Gasteiger partial charge in [-0.2, -0.15) is 0 Å². The van der Waals surface area contributed by atoms with Gasteiger partial charge in [-0.3, -0.25) is 4.79 Å². The number of para-hydroxylation sites is 1. The first kappa shape index (κ1) is 12.9. The molecule has 2 N–H and O–H groups in total. The molecule has 4 nitrogen and oxygen atoms in total. The van der Waals surface area contributed by atoms with Crippen LogP contribution in [0.3, 0.4) is 0 Å². The van der Waals surface area contributed by atoms with E-state index in [9.17, 15) is 4.79 Å². The summed E-state index contributed by atoms with van der Waals surface area (Å²) in [7, 11) is 0. The summed E-state index contributed by atoms with van der Waals surface area (Å²) in [6.07, 6.45) is 2.05. The van der Waals surface area contributed by atoms with Gasteiger partial charge in [0.05, 0.1) is 12.6 Å². The van der Waals surface area contributed by atoms with Crippen molar-refractivity contribution in [3.63, 3.8) is 0 Å². The number of anilines is 1. The highest BCUT2D eigenvalue weighted by atomic mass is 16.5. The van der Waals surface area contributed by atoms with Crippen LogP contribution in [0.4, 0.5) is 5.69 Å². The normalized spacial score (nSPS) is 23.4. The van der Waals surface area contributed by atoms with Gasteiger partial charge in [0.25, 0.3) is 0 Å². The number of rotatable bonds is 4. The van der Waals surface area contributed by atoms with E-state index in [4.69, 9.17) is 4.74 Å². The van der Waals surface area contributed by atoms with E-state index in [1.165, 1.54) is 0 Å². The highest BCUT2D eigenvalue weighted by Crippen LogP contribution is 2.13. The van der Waals surface area contributed by atoms with Gasteiger partial charge in [-0.25, -0.2) is 0 Å². The Morgan fingerprint density at radius 1 is 1.39 bits per heavy atom. The van der Waals surface area contributed by atoms with Gasteiger partial charge in [-0.15, -0.1) is 0 Å². The minimum absolute atomic E-state index is 0.0398. The lowest BCUT2D eigenvalue weighted by Crippen LogP contribution is -2.43. The van der Waals surface area contributed by atoms with E-state index in [1.54, 1.807) is 0 Å². The number of hydrogen-bond donors (Lipinski definition) is 2. The lowest BCUT2D eigenvalue weighted by molar-refractivity contribution is -0.121. The average molecular weight is 248 g/mol. The number of nitrogens with one attached hydrogen (secondary N) is 2. The van der Waals surface area contributed by atoms with E-state index in [0.717, 1.165) is 25.1 Å². The SMILES string of the molecule is CC1CC(NC(=O)CNc2ccccc2)CCO1. The van der Waals surface area contributed by atoms with Crippen molar-refractivity contribution in [2.45, 2.75) is 31.9 Å². The van der Waals surface area contributed by atoms with E-state index in [1.807, 2.05) is 37.3 Å². The monoisotopic (exact) mass is 248 g/mol. The number of carbonyl (C=O) groups excluding carboxylic acids is 1. The summed E-state index contributed by atoms with van der Waals surface area (Å²) in [6, 6.07) is 9.99. The maximum atomic E-state index is 11.8. The molecule has 0 saturated carbocycles. The molecule has 2 atom stereocenters. The van der Waals surface area contributed by atoms with Crippen LogP contribution >= 0.6 is 0 Å². The standard InChI is InChI=1S/C14H20N2O2/c1-11-9-13(7-8-18-11)16-14(17)10-15-12-5-3-2-4-6-12/h2-6,11,13,15H,7-10H2,1H3,(H,16,17). The van der Waals surface area contributed by atoms with Crippen LogP contribution in [0, 0.1) is 0 Å². The molecule has 0 aliphatic carbocycles. The molecule has 1 aromatic carbocycles. The van der Waals surface area contributed by atoms with Crippen LogP contribution in [-0.2, 0) is 9.53 Å². The summed E-state index contributed by atoms with van der Waals surface area (Å²) in [4.78, 5) is 11.8. The van der Waals surface area contributed by atoms with E-state index in [0.29, 0.717) is 6.54 Å². The molecule has 1 heterocycles. The van der Waals surface area contributed by atoms with Crippen LogP contribution in [-0.4, -0.2) is 31.2 Å². The first-order chi connectivity index (χ1) is 8.74. The maximum absolute atomic E-state index is 11.8. The Kier molecular flexibility index (Phi) is 4.59. The van der Waals surface area contributed by atoms with Gasteiger partial charge in [0.1, 0.15) is 0 Å². The Hall–Kier alpha value is -1.55. The smallest absolute Gasteiger partial charge is 0.239 e. The molecule has 1 amide bonds. The van der Waals surface area contributed by atoms with Gasteiger partial charge in [0.15, 0.2) is 0 Å². The molecule has 0 radical (unpaired) electrons. The molecule has 0 aromatic heterocycles. The molecule has 1 aliphatic rings. The predicted molar refractivity (Wildman–Crippen MR) is 71.5 cm³/mol. The zero-order chi connectivity index (χ0) is 12.8. The van der Waals surface area contributed by atoms with Crippen molar-refractivity contribution >= 4 is 11.6 Å². The van der Waals surface area contributed by atoms with Crippen LogP contribution in [0.2, 0.25) is 0 Å². The summed E-state index contributed by atoms with van der Waals surface area (Å²) in [5.41, 5.74) is 0.966. The molecule has 0 spiro atoms. The lowest BCUT2D eigenvalue weighted by atomic mass is 10.0. The molecule has 1 saturated heterocycles. The summed E-state index contributed by atoms with van der Waals surface area (Å²) in [5, 5.41) is 6.14. The topological polar surface area (TPSA) is 50.4 Å². The van der Waals surface area contributed by atoms with Crippen LogP contribution in [0.15, 0.2) is 30.3 Å². The van der Waals surface area contributed by atoms with Crippen molar-refractivity contribution in [1.82, 2.24) is 5.32 Å². The molecule has 1 fully saturated rings. The first-order valence-electron chi connectivity index (χ1n) is 6.44. The molecule has 2 unspecified atom stereocenters. The molecule has 98 valence electrons. The third-order valence-electron chi connectivity index (χ3n) is 3.08. The van der Waals surface area contributed by atoms with Crippen LogP contribution in [0.1, 0.15) is 19.8 Å². The Balaban J connectivity index is 1.72. The Morgan fingerprint density at radius 2 is 2.17 bits per heavy atom. The average Bonchev–Trinajstić information content (AvgIpc) is 2.38. The van der Waals surface area contributed by atoms with E-state index in [2.05, 4.69) is 10.6 Å². The number of benzene rings is 1. The fourth-order valence-corrected chi connectivity index (χ4v) is 2.15. The van der Waals surface area contributed by atoms with Gasteiger partial charge >= 0.3 is 0 Å². The minimum Gasteiger partial charge on any atom is -0.378 e. The molecule has 18 heavy (non-hydrogen) atoms. The summed E-state index contributed by atoms with van der Waals surface area (Å²) in [5.74, 6) is 0.0398. The van der Waals surface area contributed by atoms with E-state index >= 15 is 0 Å². The minimum atomic E-state index is 0.0398. The maximum Gasteiger partial charge on any atom is 0.239 e. The molecular formula is C14H20N2O2. The van der Waals surface area contributed by atoms with Crippen LogP contribution in [0.25, 0.3) is 0 Å². The molecule has 2 rings (SSSR count). The largest absolute Gasteiger partial charge is 0.378 e. The van der Waals surface area contributed by atoms with Crippen molar-refractivity contribution in [3.05, 3.63) is 30.3 Å². The van der Waals surface area contributed by atoms with Gasteiger partial charge in [-0.1, -0.05) is 18.2 Å². The highest BCUT2D eigenvalue weighted by molar-refractivity contribution is 5.80. The number of ether oxygens (including phenoxy) is 1. The summed E-state index contributed by atoms with van der Waals surface area (Å²) in [6.45, 7) is 3.09. The fraction of sp³-hybridized carbons (Fsp3) is 0.500. The van der Waals surface area contributed by atoms with Gasteiger partial charge in [0.2, 0.25) is 5.91 Å². The van der Waals surface area contributed by atoms with Crippen molar-refractivity contribution in [2.75, 3.05) is 18.5 Å². The first-order valence-corrected chi connectivity index (χ1v) is 6.44. The number of carbonyl (C=O) groups is 1. The third kappa shape index (κ3) is 4.04. The second kappa shape index (κ2) is 6.40. The number of hydrogen-bond acceptors (Lipinski definition) is 3. The van der Waals surface area contributed by atoms with E-state index < -0.39 is 0 Å². The molecular weight excluding hydrogens is 228 g/mol. The number of amides is 1. The highest BCUT2D eigenvalue weighted by Gasteiger charge is 2.20. The van der Waals surface area contributed by atoms with E-state index in [-0.39, 0.29) is 18.1 Å². The second-order valence-electron chi connectivity index (χ2n) is 4.69. The summed E-state index contributed by atoms with van der Waals surface area (Å²) < 4.78 is 5.45. The van der Waals surface area contributed by atoms with Gasteiger partial charge < -0.3 is 15.4 Å². The Labute approximate surface area is 108 Å². The zero-order valence-electron chi connectivity index (χ0n) is 10.7. The van der Waals surface area contributed by atoms with Gasteiger partial charge in [0, 0.05) is 18.3 Å². The van der Waals surface area contributed by atoms with Gasteiger partial charge in [-0.05, 0) is 31.9 Å². The summed E-state index contributed by atoms with van der Waals surface area (Å²) >= 11 is 0. The predicted octanol–water partition coefficient (Wildman–Crippen LogP) is 1.78. The fourth-order valence-electron chi connectivity index (χ4n) is 2.15. The Morgan fingerprint density at radius 3 is 2.89 bits per heavy atom. The van der Waals surface area contributed by atoms with Crippen molar-refractivity contribution < 1.29 is 9.53 Å². The zero-order valence-corrected chi connectivity index (χ0v) is 10.7. The van der Waals surface area contributed by atoms with Crippen molar-refractivity contribution in [2.24, 2.45) is 0 Å². The lowest BCUT2D eigenvalue weighted by Gasteiger charge is -2.28. The third-order valence-corrected chi connectivity index (χ3v) is 3.08. The Bertz CT molecular complexity index is 381. The van der Waals surface area contributed by atoms with Crippen molar-refractivity contribution in [3.8, 4) is 0 Å².